The van der Waals surface area contributed by atoms with Gasteiger partial charge in [-0.15, -0.1) is 0 Å². The quantitative estimate of drug-likeness (QED) is 0.794. The molecule has 0 radical (unpaired) electrons. The van der Waals surface area contributed by atoms with E-state index in [0.717, 1.165) is 10.9 Å². The molecule has 2 atom stereocenters. The van der Waals surface area contributed by atoms with Crippen LogP contribution in [0.25, 0.3) is 0 Å². The van der Waals surface area contributed by atoms with E-state index in [2.05, 4.69) is 38.2 Å². The molecule has 1 aromatic carbocycles. The second kappa shape index (κ2) is 4.29. The molecule has 0 heterocycles. The Balaban J connectivity index is 2.03. The second-order valence-electron chi connectivity index (χ2n) is 5.81. The molecule has 88 valence electrons. The minimum atomic E-state index is 0.476. The zero-order valence-electron chi connectivity index (χ0n) is 10.3. The molecule has 2 heteroatoms. The fourth-order valence-electron chi connectivity index (χ4n) is 2.85. The average Bonchev–Trinajstić information content (AvgIpc) is 2.44. The topological polar surface area (TPSA) is 12.0 Å². The lowest BCUT2D eigenvalue weighted by atomic mass is 9.91. The Labute approximate surface area is 103 Å². The maximum atomic E-state index is 5.87. The number of benzene rings is 1. The first kappa shape index (κ1) is 11.8. The van der Waals surface area contributed by atoms with Gasteiger partial charge in [-0.25, -0.2) is 0 Å². The van der Waals surface area contributed by atoms with Crippen LogP contribution >= 0.6 is 11.6 Å². The molecule has 0 saturated heterocycles. The van der Waals surface area contributed by atoms with Crippen molar-refractivity contribution in [2.45, 2.75) is 39.7 Å². The van der Waals surface area contributed by atoms with Gasteiger partial charge >= 0.3 is 0 Å². The van der Waals surface area contributed by atoms with Gasteiger partial charge in [0.15, 0.2) is 0 Å². The normalized spacial score (nSPS) is 28.0. The third-order valence-corrected chi connectivity index (χ3v) is 3.78. The van der Waals surface area contributed by atoms with Crippen LogP contribution in [0.5, 0.6) is 0 Å². The summed E-state index contributed by atoms with van der Waals surface area (Å²) in [6.45, 7) is 7.04. The maximum absolute atomic E-state index is 5.87. The van der Waals surface area contributed by atoms with E-state index in [9.17, 15) is 0 Å². The molecule has 0 aliphatic heterocycles. The van der Waals surface area contributed by atoms with Crippen molar-refractivity contribution >= 4 is 17.3 Å². The third-order valence-electron chi connectivity index (χ3n) is 3.53. The van der Waals surface area contributed by atoms with Crippen LogP contribution in [0.1, 0.15) is 33.6 Å². The molecule has 16 heavy (non-hydrogen) atoms. The van der Waals surface area contributed by atoms with Gasteiger partial charge in [-0.3, -0.25) is 0 Å². The van der Waals surface area contributed by atoms with Crippen molar-refractivity contribution < 1.29 is 0 Å². The summed E-state index contributed by atoms with van der Waals surface area (Å²) in [5, 5.41) is 4.41. The van der Waals surface area contributed by atoms with Crippen molar-refractivity contribution in [3.63, 3.8) is 0 Å². The zero-order chi connectivity index (χ0) is 11.8. The van der Waals surface area contributed by atoms with Crippen LogP contribution in [0.3, 0.4) is 0 Å². The van der Waals surface area contributed by atoms with Gasteiger partial charge in [-0.05, 0) is 48.4 Å². The Kier molecular flexibility index (Phi) is 3.16. The van der Waals surface area contributed by atoms with Crippen LogP contribution in [0, 0.1) is 11.3 Å². The summed E-state index contributed by atoms with van der Waals surface area (Å²) in [6.07, 6.45) is 2.55. The van der Waals surface area contributed by atoms with Crippen molar-refractivity contribution in [2.75, 3.05) is 5.32 Å². The van der Waals surface area contributed by atoms with E-state index in [1.54, 1.807) is 0 Å². The summed E-state index contributed by atoms with van der Waals surface area (Å²) in [5.74, 6) is 0.741. The van der Waals surface area contributed by atoms with E-state index in [-0.39, 0.29) is 0 Å². The van der Waals surface area contributed by atoms with Gasteiger partial charge < -0.3 is 5.32 Å². The largest absolute Gasteiger partial charge is 0.382 e. The first-order valence-corrected chi connectivity index (χ1v) is 6.36. The molecule has 0 bridgehead atoms. The molecule has 1 fully saturated rings. The van der Waals surface area contributed by atoms with Gasteiger partial charge in [0.25, 0.3) is 0 Å². The first-order chi connectivity index (χ1) is 7.46. The third kappa shape index (κ3) is 2.70. The summed E-state index contributed by atoms with van der Waals surface area (Å²) in [6, 6.07) is 8.58. The molecule has 0 amide bonds. The zero-order valence-corrected chi connectivity index (χ0v) is 11.0. The molecule has 1 N–H and O–H groups in total. The van der Waals surface area contributed by atoms with Crippen LogP contribution in [-0.2, 0) is 0 Å². The van der Waals surface area contributed by atoms with E-state index >= 15 is 0 Å². The highest BCUT2D eigenvalue weighted by molar-refractivity contribution is 6.30. The van der Waals surface area contributed by atoms with Crippen LogP contribution < -0.4 is 5.32 Å². The molecule has 2 unspecified atom stereocenters. The van der Waals surface area contributed by atoms with Gasteiger partial charge in [0.05, 0.1) is 0 Å². The number of hydrogen-bond acceptors (Lipinski definition) is 1. The van der Waals surface area contributed by atoms with Crippen LogP contribution in [0.4, 0.5) is 5.69 Å². The minimum absolute atomic E-state index is 0.476. The summed E-state index contributed by atoms with van der Waals surface area (Å²) in [4.78, 5) is 0. The van der Waals surface area contributed by atoms with Crippen molar-refractivity contribution in [3.05, 3.63) is 29.3 Å². The second-order valence-corrected chi connectivity index (χ2v) is 6.24. The molecule has 2 rings (SSSR count). The molecule has 1 aliphatic rings. The molecular formula is C14H20ClN. The number of nitrogens with one attached hydrogen (secondary N) is 1. The predicted molar refractivity (Wildman–Crippen MR) is 71.0 cm³/mol. The molecule has 1 aliphatic carbocycles. The fourth-order valence-corrected chi connectivity index (χ4v) is 2.97. The highest BCUT2D eigenvalue weighted by atomic mass is 35.5. The predicted octanol–water partition coefficient (Wildman–Crippen LogP) is 4.58. The maximum Gasteiger partial charge on any atom is 0.0407 e. The van der Waals surface area contributed by atoms with Crippen LogP contribution in [-0.4, -0.2) is 6.04 Å². The van der Waals surface area contributed by atoms with Gasteiger partial charge in [0.1, 0.15) is 0 Å². The van der Waals surface area contributed by atoms with Crippen LogP contribution in [0.2, 0.25) is 5.02 Å². The number of halogens is 1. The molecule has 1 saturated carbocycles. The van der Waals surface area contributed by atoms with E-state index in [1.807, 2.05) is 12.1 Å². The summed E-state index contributed by atoms with van der Waals surface area (Å²) < 4.78 is 0. The number of rotatable bonds is 2. The monoisotopic (exact) mass is 237 g/mol. The van der Waals surface area contributed by atoms with Crippen molar-refractivity contribution in [1.82, 2.24) is 0 Å². The fraction of sp³-hybridized carbons (Fsp3) is 0.571. The first-order valence-electron chi connectivity index (χ1n) is 5.98. The Hall–Kier alpha value is -0.690. The summed E-state index contributed by atoms with van der Waals surface area (Å²) >= 11 is 5.87. The Morgan fingerprint density at radius 1 is 1.19 bits per heavy atom. The Morgan fingerprint density at radius 3 is 2.31 bits per heavy atom. The summed E-state index contributed by atoms with van der Waals surface area (Å²) in [7, 11) is 0. The average molecular weight is 238 g/mol. The molecule has 1 aromatic rings. The SMILES string of the molecule is CC1CC(C)(C)CC1Nc1ccc(Cl)cc1. The van der Waals surface area contributed by atoms with Gasteiger partial charge in [0.2, 0.25) is 0 Å². The van der Waals surface area contributed by atoms with E-state index in [4.69, 9.17) is 11.6 Å². The van der Waals surface area contributed by atoms with Crippen molar-refractivity contribution in [2.24, 2.45) is 11.3 Å². The standard InChI is InChI=1S/C14H20ClN/c1-10-8-14(2,3)9-13(10)16-12-6-4-11(15)5-7-12/h4-7,10,13,16H,8-9H2,1-3H3. The highest BCUT2D eigenvalue weighted by Crippen LogP contribution is 2.42. The van der Waals surface area contributed by atoms with Crippen LogP contribution in [0.15, 0.2) is 24.3 Å². The molecule has 0 aromatic heterocycles. The van der Waals surface area contributed by atoms with E-state index < -0.39 is 0 Å². The number of hydrogen-bond donors (Lipinski definition) is 1. The number of anilines is 1. The lowest BCUT2D eigenvalue weighted by Gasteiger charge is -2.19. The highest BCUT2D eigenvalue weighted by Gasteiger charge is 2.36. The van der Waals surface area contributed by atoms with Crippen molar-refractivity contribution in [3.8, 4) is 0 Å². The Morgan fingerprint density at radius 2 is 1.81 bits per heavy atom. The van der Waals surface area contributed by atoms with E-state index in [1.165, 1.54) is 18.5 Å². The molecule has 1 nitrogen and oxygen atoms in total. The van der Waals surface area contributed by atoms with Gasteiger partial charge in [0, 0.05) is 16.8 Å². The Bertz CT molecular complexity index is 356. The van der Waals surface area contributed by atoms with E-state index in [0.29, 0.717) is 11.5 Å². The van der Waals surface area contributed by atoms with Gasteiger partial charge in [-0.2, -0.15) is 0 Å². The van der Waals surface area contributed by atoms with Crippen molar-refractivity contribution in [1.29, 1.82) is 0 Å². The van der Waals surface area contributed by atoms with Gasteiger partial charge in [-0.1, -0.05) is 32.4 Å². The lowest BCUT2D eigenvalue weighted by Crippen LogP contribution is -2.22. The minimum Gasteiger partial charge on any atom is -0.382 e. The summed E-state index contributed by atoms with van der Waals surface area (Å²) in [5.41, 5.74) is 1.66. The molecule has 0 spiro atoms. The molecular weight excluding hydrogens is 218 g/mol. The lowest BCUT2D eigenvalue weighted by molar-refractivity contribution is 0.366. The smallest absolute Gasteiger partial charge is 0.0407 e.